The van der Waals surface area contributed by atoms with Gasteiger partial charge < -0.3 is 10.1 Å². The molecule has 1 heterocycles. The van der Waals surface area contributed by atoms with Crippen LogP contribution in [0.1, 0.15) is 5.56 Å². The quantitative estimate of drug-likeness (QED) is 0.774. The van der Waals surface area contributed by atoms with E-state index in [1.54, 1.807) is 6.07 Å². The van der Waals surface area contributed by atoms with Crippen molar-refractivity contribution in [1.82, 2.24) is 5.32 Å². The van der Waals surface area contributed by atoms with Crippen molar-refractivity contribution in [2.45, 2.75) is 0 Å². The molecule has 0 aliphatic carbocycles. The van der Waals surface area contributed by atoms with Crippen molar-refractivity contribution in [2.24, 2.45) is 5.92 Å². The van der Waals surface area contributed by atoms with Crippen molar-refractivity contribution in [2.75, 3.05) is 19.7 Å². The van der Waals surface area contributed by atoms with Gasteiger partial charge >= 0.3 is 0 Å². The van der Waals surface area contributed by atoms with E-state index in [1.807, 2.05) is 18.2 Å². The Labute approximate surface area is 83.3 Å². The van der Waals surface area contributed by atoms with Gasteiger partial charge in [0.1, 0.15) is 11.8 Å². The molecule has 1 N–H and O–H groups in total. The summed E-state index contributed by atoms with van der Waals surface area (Å²) in [6, 6.07) is 9.45. The molecule has 1 aromatic rings. The summed E-state index contributed by atoms with van der Waals surface area (Å²) >= 11 is 0. The summed E-state index contributed by atoms with van der Waals surface area (Å²) in [5.41, 5.74) is 0.611. The van der Waals surface area contributed by atoms with Gasteiger partial charge in [-0.2, -0.15) is 5.26 Å². The maximum atomic E-state index is 8.81. The van der Waals surface area contributed by atoms with E-state index in [4.69, 9.17) is 10.00 Å². The Hall–Kier alpha value is -1.53. The molecule has 3 nitrogen and oxygen atoms in total. The third-order valence-electron chi connectivity index (χ3n) is 2.35. The number of benzene rings is 1. The first kappa shape index (κ1) is 9.04. The van der Waals surface area contributed by atoms with Crippen LogP contribution in [0.3, 0.4) is 0 Å². The number of hydrogen-bond acceptors (Lipinski definition) is 3. The lowest BCUT2D eigenvalue weighted by molar-refractivity contribution is 0.198. The Bertz CT molecular complexity index is 353. The SMILES string of the molecule is N#Cc1ccccc1OCC1CNC1. The topological polar surface area (TPSA) is 45.0 Å². The molecule has 0 saturated carbocycles. The zero-order valence-electron chi connectivity index (χ0n) is 7.86. The molecular formula is C11H12N2O. The van der Waals surface area contributed by atoms with Crippen LogP contribution < -0.4 is 10.1 Å². The lowest BCUT2D eigenvalue weighted by atomic mass is 10.1. The van der Waals surface area contributed by atoms with Gasteiger partial charge in [0.25, 0.3) is 0 Å². The maximum absolute atomic E-state index is 8.81. The highest BCUT2D eigenvalue weighted by molar-refractivity contribution is 5.42. The van der Waals surface area contributed by atoms with Crippen molar-refractivity contribution >= 4 is 0 Å². The molecule has 0 spiro atoms. The molecule has 0 radical (unpaired) electrons. The Morgan fingerprint density at radius 2 is 2.21 bits per heavy atom. The van der Waals surface area contributed by atoms with Crippen LogP contribution in [0, 0.1) is 17.2 Å². The van der Waals surface area contributed by atoms with E-state index >= 15 is 0 Å². The van der Waals surface area contributed by atoms with Gasteiger partial charge in [-0.1, -0.05) is 12.1 Å². The molecule has 1 saturated heterocycles. The first-order valence-corrected chi connectivity index (χ1v) is 4.73. The van der Waals surface area contributed by atoms with Crippen LogP contribution in [-0.2, 0) is 0 Å². The molecule has 0 amide bonds. The molecule has 3 heteroatoms. The summed E-state index contributed by atoms with van der Waals surface area (Å²) in [6.07, 6.45) is 0. The molecular weight excluding hydrogens is 176 g/mol. The zero-order valence-corrected chi connectivity index (χ0v) is 7.86. The minimum Gasteiger partial charge on any atom is -0.492 e. The second-order valence-electron chi connectivity index (χ2n) is 3.44. The highest BCUT2D eigenvalue weighted by Gasteiger charge is 2.17. The average Bonchev–Trinajstić information content (AvgIpc) is 2.16. The average molecular weight is 188 g/mol. The fraction of sp³-hybridized carbons (Fsp3) is 0.364. The largest absolute Gasteiger partial charge is 0.492 e. The summed E-state index contributed by atoms with van der Waals surface area (Å²) in [5.74, 6) is 1.30. The van der Waals surface area contributed by atoms with E-state index in [1.165, 1.54) is 0 Å². The third kappa shape index (κ3) is 1.86. The summed E-state index contributed by atoms with van der Waals surface area (Å²) in [6.45, 7) is 2.75. The van der Waals surface area contributed by atoms with Crippen LogP contribution >= 0.6 is 0 Å². The van der Waals surface area contributed by atoms with Crippen LogP contribution in [0.15, 0.2) is 24.3 Å². The molecule has 0 aromatic heterocycles. The molecule has 1 fully saturated rings. The highest BCUT2D eigenvalue weighted by atomic mass is 16.5. The predicted octanol–water partition coefficient (Wildman–Crippen LogP) is 1.16. The van der Waals surface area contributed by atoms with E-state index in [0.29, 0.717) is 23.8 Å². The monoisotopic (exact) mass is 188 g/mol. The first-order chi connectivity index (χ1) is 6.90. The number of ether oxygens (including phenoxy) is 1. The smallest absolute Gasteiger partial charge is 0.137 e. The molecule has 1 aromatic carbocycles. The van der Waals surface area contributed by atoms with Crippen LogP contribution in [0.2, 0.25) is 0 Å². The summed E-state index contributed by atoms with van der Waals surface area (Å²) in [7, 11) is 0. The minimum atomic E-state index is 0.599. The summed E-state index contributed by atoms with van der Waals surface area (Å²) in [4.78, 5) is 0. The van der Waals surface area contributed by atoms with E-state index in [-0.39, 0.29) is 0 Å². The van der Waals surface area contributed by atoms with Crippen molar-refractivity contribution in [1.29, 1.82) is 5.26 Å². The summed E-state index contributed by atoms with van der Waals surface area (Å²) < 4.78 is 5.57. The predicted molar refractivity (Wildman–Crippen MR) is 53.0 cm³/mol. The third-order valence-corrected chi connectivity index (χ3v) is 2.35. The Morgan fingerprint density at radius 1 is 1.43 bits per heavy atom. The Balaban J connectivity index is 1.97. The fourth-order valence-corrected chi connectivity index (χ4v) is 1.36. The van der Waals surface area contributed by atoms with Crippen LogP contribution in [0.4, 0.5) is 0 Å². The van der Waals surface area contributed by atoms with Crippen LogP contribution in [0.5, 0.6) is 5.75 Å². The molecule has 0 unspecified atom stereocenters. The standard InChI is InChI=1S/C11H12N2O/c12-5-10-3-1-2-4-11(10)14-8-9-6-13-7-9/h1-4,9,13H,6-8H2. The molecule has 0 atom stereocenters. The van der Waals surface area contributed by atoms with Gasteiger partial charge in [-0.25, -0.2) is 0 Å². The van der Waals surface area contributed by atoms with Gasteiger partial charge in [0, 0.05) is 19.0 Å². The van der Waals surface area contributed by atoms with Crippen LogP contribution in [-0.4, -0.2) is 19.7 Å². The fourth-order valence-electron chi connectivity index (χ4n) is 1.36. The molecule has 2 rings (SSSR count). The highest BCUT2D eigenvalue weighted by Crippen LogP contribution is 2.17. The minimum absolute atomic E-state index is 0.599. The number of nitriles is 1. The Kier molecular flexibility index (Phi) is 2.66. The van der Waals surface area contributed by atoms with Gasteiger partial charge in [-0.3, -0.25) is 0 Å². The molecule has 72 valence electrons. The lowest BCUT2D eigenvalue weighted by Crippen LogP contribution is -2.45. The number of nitrogens with one attached hydrogen (secondary N) is 1. The first-order valence-electron chi connectivity index (χ1n) is 4.73. The van der Waals surface area contributed by atoms with Gasteiger partial charge in [0.2, 0.25) is 0 Å². The van der Waals surface area contributed by atoms with Crippen molar-refractivity contribution in [3.63, 3.8) is 0 Å². The number of nitrogens with zero attached hydrogens (tertiary/aromatic N) is 1. The van der Waals surface area contributed by atoms with Crippen molar-refractivity contribution in [3.05, 3.63) is 29.8 Å². The van der Waals surface area contributed by atoms with Crippen molar-refractivity contribution < 1.29 is 4.74 Å². The van der Waals surface area contributed by atoms with E-state index in [0.717, 1.165) is 13.1 Å². The molecule has 1 aliphatic rings. The van der Waals surface area contributed by atoms with Gasteiger partial charge in [-0.05, 0) is 12.1 Å². The second kappa shape index (κ2) is 4.12. The van der Waals surface area contributed by atoms with Crippen molar-refractivity contribution in [3.8, 4) is 11.8 Å². The maximum Gasteiger partial charge on any atom is 0.137 e. The summed E-state index contributed by atoms with van der Waals surface area (Å²) in [5, 5.41) is 12.0. The van der Waals surface area contributed by atoms with Gasteiger partial charge in [-0.15, -0.1) is 0 Å². The number of hydrogen-bond donors (Lipinski definition) is 1. The van der Waals surface area contributed by atoms with E-state index in [2.05, 4.69) is 11.4 Å². The number of para-hydroxylation sites is 1. The zero-order chi connectivity index (χ0) is 9.80. The number of rotatable bonds is 3. The van der Waals surface area contributed by atoms with Gasteiger partial charge in [0.15, 0.2) is 0 Å². The van der Waals surface area contributed by atoms with E-state index in [9.17, 15) is 0 Å². The molecule has 0 bridgehead atoms. The van der Waals surface area contributed by atoms with Crippen LogP contribution in [0.25, 0.3) is 0 Å². The Morgan fingerprint density at radius 3 is 2.86 bits per heavy atom. The van der Waals surface area contributed by atoms with E-state index < -0.39 is 0 Å². The molecule has 1 aliphatic heterocycles. The van der Waals surface area contributed by atoms with Gasteiger partial charge in [0.05, 0.1) is 12.2 Å². The normalized spacial score (nSPS) is 15.6. The molecule has 14 heavy (non-hydrogen) atoms. The second-order valence-corrected chi connectivity index (χ2v) is 3.44. The lowest BCUT2D eigenvalue weighted by Gasteiger charge is -2.26.